The monoisotopic (exact) mass is 422 g/mol. The molecule has 0 saturated carbocycles. The summed E-state index contributed by atoms with van der Waals surface area (Å²) in [6, 6.07) is 20.8. The van der Waals surface area contributed by atoms with E-state index in [0.29, 0.717) is 11.1 Å². The minimum atomic E-state index is -1.41. The van der Waals surface area contributed by atoms with Crippen molar-refractivity contribution in [2.75, 3.05) is 0 Å². The summed E-state index contributed by atoms with van der Waals surface area (Å²) >= 11 is 0. The number of para-hydroxylation sites is 2. The third-order valence-electron chi connectivity index (χ3n) is 7.72. The molecule has 154 valence electrons. The summed E-state index contributed by atoms with van der Waals surface area (Å²) in [4.78, 5) is 5.01. The molecular weight excluding hydrogens is 396 g/mol. The van der Waals surface area contributed by atoms with Crippen molar-refractivity contribution in [3.8, 4) is 17.3 Å². The fourth-order valence-electron chi connectivity index (χ4n) is 6.41. The van der Waals surface area contributed by atoms with Crippen LogP contribution >= 0.6 is 0 Å². The summed E-state index contributed by atoms with van der Waals surface area (Å²) in [5.74, 6) is 0. The van der Waals surface area contributed by atoms with Gasteiger partial charge in [-0.25, -0.2) is 0 Å². The van der Waals surface area contributed by atoms with Crippen LogP contribution in [-0.4, -0.2) is 13.1 Å². The average molecular weight is 423 g/mol. The number of pyridine rings is 1. The van der Waals surface area contributed by atoms with Crippen molar-refractivity contribution < 1.29 is 4.42 Å². The highest BCUT2D eigenvalue weighted by Crippen LogP contribution is 2.47. The zero-order valence-corrected chi connectivity index (χ0v) is 19.2. The van der Waals surface area contributed by atoms with Crippen molar-refractivity contribution >= 4 is 35.2 Å². The Morgan fingerprint density at radius 3 is 2.52 bits per heavy atom. The Morgan fingerprint density at radius 1 is 1.00 bits per heavy atom. The first-order valence-corrected chi connectivity index (χ1v) is 14.0. The average Bonchev–Trinajstić information content (AvgIpc) is 3.27. The van der Waals surface area contributed by atoms with Gasteiger partial charge in [-0.05, 0) is 40.4 Å². The Hall–Kier alpha value is -2.90. The Balaban J connectivity index is 1.56. The number of rotatable bonds is 1. The smallest absolute Gasteiger partial charge is 0.153 e. The van der Waals surface area contributed by atoms with Crippen molar-refractivity contribution in [1.29, 1.82) is 5.26 Å². The van der Waals surface area contributed by atoms with Crippen molar-refractivity contribution in [3.63, 3.8) is 0 Å². The van der Waals surface area contributed by atoms with Gasteiger partial charge in [-0.15, -0.1) is 0 Å². The maximum Gasteiger partial charge on any atom is 0.153 e. The fraction of sp³-hybridized carbons (Fsp3) is 0.333. The normalized spacial score (nSPS) is 19.0. The topological polar surface area (TPSA) is 49.8 Å². The van der Waals surface area contributed by atoms with E-state index in [0.717, 1.165) is 27.6 Å². The van der Waals surface area contributed by atoms with E-state index in [1.165, 1.54) is 43.0 Å². The molecule has 0 amide bonds. The van der Waals surface area contributed by atoms with Gasteiger partial charge < -0.3 is 4.42 Å². The van der Waals surface area contributed by atoms with E-state index in [1.54, 1.807) is 5.19 Å². The van der Waals surface area contributed by atoms with Crippen molar-refractivity contribution in [1.82, 2.24) is 4.98 Å². The lowest BCUT2D eigenvalue weighted by Crippen LogP contribution is -2.46. The fourth-order valence-corrected chi connectivity index (χ4v) is 12.8. The van der Waals surface area contributed by atoms with Crippen LogP contribution in [0.2, 0.25) is 18.1 Å². The molecule has 3 nitrogen and oxygen atoms in total. The van der Waals surface area contributed by atoms with Crippen LogP contribution < -0.4 is 5.19 Å². The molecule has 1 spiro atoms. The highest BCUT2D eigenvalue weighted by Gasteiger charge is 2.49. The molecule has 0 atom stereocenters. The highest BCUT2D eigenvalue weighted by atomic mass is 28.3. The molecule has 6 rings (SSSR count). The maximum atomic E-state index is 9.51. The molecule has 4 heterocycles. The number of hydrogen-bond donors (Lipinski definition) is 0. The van der Waals surface area contributed by atoms with E-state index in [1.807, 2.05) is 18.2 Å². The highest BCUT2D eigenvalue weighted by molar-refractivity contribution is 6.93. The van der Waals surface area contributed by atoms with Gasteiger partial charge >= 0.3 is 0 Å². The molecule has 31 heavy (non-hydrogen) atoms. The second-order valence-corrected chi connectivity index (χ2v) is 14.5. The number of fused-ring (bicyclic) bond motifs is 5. The quantitative estimate of drug-likeness (QED) is 0.323. The molecule has 0 radical (unpaired) electrons. The third kappa shape index (κ3) is 2.66. The summed E-state index contributed by atoms with van der Waals surface area (Å²) in [7, 11) is -1.41. The second kappa shape index (κ2) is 6.55. The summed E-state index contributed by atoms with van der Waals surface area (Å²) < 4.78 is 6.29. The van der Waals surface area contributed by atoms with Gasteiger partial charge in [-0.2, -0.15) is 5.26 Å². The van der Waals surface area contributed by atoms with E-state index in [9.17, 15) is 5.26 Å². The van der Waals surface area contributed by atoms with Crippen LogP contribution in [0.5, 0.6) is 0 Å². The molecule has 1 fully saturated rings. The zero-order chi connectivity index (χ0) is 21.2. The molecule has 0 N–H and O–H groups in total. The SMILES string of the molecule is CC1(C)C[Si]2(CCCCC2)c2cnc(-c3cccc4c3oc3c(C#N)cccc34)cc21. The molecule has 2 aromatic carbocycles. The predicted octanol–water partition coefficient (Wildman–Crippen LogP) is 6.65. The van der Waals surface area contributed by atoms with E-state index >= 15 is 0 Å². The molecule has 2 aliphatic heterocycles. The summed E-state index contributed by atoms with van der Waals surface area (Å²) in [6.07, 6.45) is 6.40. The molecular formula is C27H26N2OSi. The number of hydrogen-bond acceptors (Lipinski definition) is 3. The number of nitrogens with zero attached hydrogens (tertiary/aromatic N) is 2. The van der Waals surface area contributed by atoms with Gasteiger partial charge in [0.1, 0.15) is 11.7 Å². The van der Waals surface area contributed by atoms with Crippen LogP contribution in [0.3, 0.4) is 0 Å². The summed E-state index contributed by atoms with van der Waals surface area (Å²) in [5.41, 5.74) is 5.80. The molecule has 1 saturated heterocycles. The second-order valence-electron chi connectivity index (χ2n) is 10.1. The Bertz CT molecular complexity index is 1390. The van der Waals surface area contributed by atoms with Crippen LogP contribution in [0.4, 0.5) is 0 Å². The molecule has 0 bridgehead atoms. The van der Waals surface area contributed by atoms with Crippen LogP contribution in [-0.2, 0) is 5.41 Å². The van der Waals surface area contributed by atoms with Gasteiger partial charge in [0, 0.05) is 22.5 Å². The first-order chi connectivity index (χ1) is 15.0. The van der Waals surface area contributed by atoms with Gasteiger partial charge in [-0.3, -0.25) is 4.98 Å². The Morgan fingerprint density at radius 2 is 1.74 bits per heavy atom. The van der Waals surface area contributed by atoms with Crippen molar-refractivity contribution in [2.45, 2.75) is 56.7 Å². The van der Waals surface area contributed by atoms with E-state index in [2.05, 4.69) is 50.4 Å². The molecule has 0 unspecified atom stereocenters. The van der Waals surface area contributed by atoms with Gasteiger partial charge in [0.15, 0.2) is 5.58 Å². The lowest BCUT2D eigenvalue weighted by Gasteiger charge is -2.33. The van der Waals surface area contributed by atoms with Crippen LogP contribution in [0.15, 0.2) is 53.1 Å². The van der Waals surface area contributed by atoms with Crippen molar-refractivity contribution in [3.05, 3.63) is 59.8 Å². The van der Waals surface area contributed by atoms with Gasteiger partial charge in [-0.1, -0.05) is 69.5 Å². The van der Waals surface area contributed by atoms with Crippen molar-refractivity contribution in [2.24, 2.45) is 0 Å². The summed E-state index contributed by atoms with van der Waals surface area (Å²) in [5, 5.41) is 13.2. The molecule has 2 aliphatic rings. The van der Waals surface area contributed by atoms with Gasteiger partial charge in [0.25, 0.3) is 0 Å². The van der Waals surface area contributed by atoms with Crippen LogP contribution in [0, 0.1) is 11.3 Å². The number of furan rings is 1. The van der Waals surface area contributed by atoms with Gasteiger partial charge in [0.2, 0.25) is 0 Å². The first kappa shape index (κ1) is 18.8. The molecule has 4 aromatic rings. The minimum absolute atomic E-state index is 0.215. The first-order valence-electron chi connectivity index (χ1n) is 11.4. The lowest BCUT2D eigenvalue weighted by atomic mass is 9.87. The molecule has 0 aliphatic carbocycles. The zero-order valence-electron chi connectivity index (χ0n) is 18.2. The Kier molecular flexibility index (Phi) is 3.98. The standard InChI is InChI=1S/C27H26N2OSi/c1-27(2)17-31(12-4-3-5-13-31)24-16-29-23(14-22(24)27)21-11-7-10-20-19-9-6-8-18(15-28)25(19)30-26(20)21/h6-11,14,16H,3-5,12-13,17H2,1-2H3. The molecule has 4 heteroatoms. The number of aromatic nitrogens is 1. The number of nitriles is 1. The van der Waals surface area contributed by atoms with E-state index in [-0.39, 0.29) is 5.41 Å². The maximum absolute atomic E-state index is 9.51. The predicted molar refractivity (Wildman–Crippen MR) is 128 cm³/mol. The lowest BCUT2D eigenvalue weighted by molar-refractivity contribution is 0.588. The van der Waals surface area contributed by atoms with Gasteiger partial charge in [0.05, 0.1) is 19.3 Å². The van der Waals surface area contributed by atoms with E-state index in [4.69, 9.17) is 9.40 Å². The van der Waals surface area contributed by atoms with E-state index < -0.39 is 8.07 Å². The largest absolute Gasteiger partial charge is 0.454 e. The van der Waals surface area contributed by atoms with Crippen LogP contribution in [0.1, 0.15) is 44.2 Å². The minimum Gasteiger partial charge on any atom is -0.454 e. The van der Waals surface area contributed by atoms with Crippen LogP contribution in [0.25, 0.3) is 33.2 Å². The number of benzene rings is 2. The third-order valence-corrected chi connectivity index (χ3v) is 13.4. The Labute approximate surface area is 183 Å². The molecule has 2 aromatic heterocycles. The summed E-state index contributed by atoms with van der Waals surface area (Å²) in [6.45, 7) is 4.85.